The SMILES string of the molecule is CCCC(C)C(CNC)C1=CCCCC1. The van der Waals surface area contributed by atoms with E-state index >= 15 is 0 Å². The van der Waals surface area contributed by atoms with E-state index in [1.165, 1.54) is 38.5 Å². The molecule has 1 rings (SSSR count). The molecule has 0 bridgehead atoms. The van der Waals surface area contributed by atoms with E-state index in [1.807, 2.05) is 0 Å². The first-order chi connectivity index (χ1) is 7.29. The van der Waals surface area contributed by atoms with Crippen molar-refractivity contribution in [2.45, 2.75) is 52.4 Å². The quantitative estimate of drug-likeness (QED) is 0.657. The summed E-state index contributed by atoms with van der Waals surface area (Å²) >= 11 is 0. The molecule has 88 valence electrons. The van der Waals surface area contributed by atoms with E-state index < -0.39 is 0 Å². The third-order valence-corrected chi connectivity index (χ3v) is 3.66. The van der Waals surface area contributed by atoms with Gasteiger partial charge in [-0.25, -0.2) is 0 Å². The summed E-state index contributed by atoms with van der Waals surface area (Å²) in [5, 5.41) is 3.36. The molecule has 0 saturated carbocycles. The molecule has 0 aromatic carbocycles. The van der Waals surface area contributed by atoms with Gasteiger partial charge in [-0.15, -0.1) is 0 Å². The Kier molecular flexibility index (Phi) is 6.00. The molecule has 1 aliphatic carbocycles. The molecule has 0 saturated heterocycles. The van der Waals surface area contributed by atoms with E-state index in [9.17, 15) is 0 Å². The zero-order valence-corrected chi connectivity index (χ0v) is 10.7. The number of allylic oxidation sites excluding steroid dienone is 1. The van der Waals surface area contributed by atoms with Gasteiger partial charge in [0, 0.05) is 6.54 Å². The summed E-state index contributed by atoms with van der Waals surface area (Å²) in [5.41, 5.74) is 1.73. The summed E-state index contributed by atoms with van der Waals surface area (Å²) in [6.07, 6.45) is 10.7. The van der Waals surface area contributed by atoms with Gasteiger partial charge in [0.2, 0.25) is 0 Å². The maximum absolute atomic E-state index is 3.36. The maximum Gasteiger partial charge on any atom is 0.00164 e. The van der Waals surface area contributed by atoms with Gasteiger partial charge in [-0.05, 0) is 44.6 Å². The highest BCUT2D eigenvalue weighted by atomic mass is 14.8. The lowest BCUT2D eigenvalue weighted by molar-refractivity contribution is 0.357. The van der Waals surface area contributed by atoms with Crippen molar-refractivity contribution < 1.29 is 0 Å². The first-order valence-corrected chi connectivity index (χ1v) is 6.63. The molecule has 0 aliphatic heterocycles. The lowest BCUT2D eigenvalue weighted by Crippen LogP contribution is -2.27. The van der Waals surface area contributed by atoms with Gasteiger partial charge in [0.05, 0.1) is 0 Å². The molecule has 0 fully saturated rings. The summed E-state index contributed by atoms with van der Waals surface area (Å²) in [5.74, 6) is 1.63. The molecule has 0 radical (unpaired) electrons. The minimum Gasteiger partial charge on any atom is -0.319 e. The molecule has 0 amide bonds. The fourth-order valence-electron chi connectivity index (χ4n) is 2.77. The molecule has 0 aromatic rings. The van der Waals surface area contributed by atoms with Crippen LogP contribution in [0.4, 0.5) is 0 Å². The number of hydrogen-bond acceptors (Lipinski definition) is 1. The fourth-order valence-corrected chi connectivity index (χ4v) is 2.77. The minimum atomic E-state index is 0.787. The third kappa shape index (κ3) is 3.98. The van der Waals surface area contributed by atoms with Crippen LogP contribution in [0.2, 0.25) is 0 Å². The summed E-state index contributed by atoms with van der Waals surface area (Å²) < 4.78 is 0. The second-order valence-corrected chi connectivity index (χ2v) is 4.95. The molecule has 1 heteroatoms. The summed E-state index contributed by atoms with van der Waals surface area (Å²) in [7, 11) is 2.08. The number of rotatable bonds is 6. The lowest BCUT2D eigenvalue weighted by atomic mass is 9.80. The topological polar surface area (TPSA) is 12.0 Å². The van der Waals surface area contributed by atoms with Gasteiger partial charge in [-0.2, -0.15) is 0 Å². The van der Waals surface area contributed by atoms with Crippen molar-refractivity contribution >= 4 is 0 Å². The minimum absolute atomic E-state index is 0.787. The largest absolute Gasteiger partial charge is 0.319 e. The van der Waals surface area contributed by atoms with Crippen LogP contribution in [0.3, 0.4) is 0 Å². The van der Waals surface area contributed by atoms with Crippen LogP contribution in [-0.2, 0) is 0 Å². The molecule has 0 spiro atoms. The summed E-state index contributed by atoms with van der Waals surface area (Å²) in [4.78, 5) is 0. The molecule has 1 nitrogen and oxygen atoms in total. The van der Waals surface area contributed by atoms with Crippen molar-refractivity contribution in [3.63, 3.8) is 0 Å². The van der Waals surface area contributed by atoms with Gasteiger partial charge in [-0.1, -0.05) is 38.3 Å². The van der Waals surface area contributed by atoms with Crippen LogP contribution in [0.15, 0.2) is 11.6 Å². The van der Waals surface area contributed by atoms with Gasteiger partial charge in [0.1, 0.15) is 0 Å². The average molecular weight is 209 g/mol. The average Bonchev–Trinajstić information content (AvgIpc) is 2.27. The normalized spacial score (nSPS) is 20.9. The van der Waals surface area contributed by atoms with Crippen LogP contribution in [-0.4, -0.2) is 13.6 Å². The van der Waals surface area contributed by atoms with Crippen LogP contribution in [0.1, 0.15) is 52.4 Å². The van der Waals surface area contributed by atoms with E-state index in [2.05, 4.69) is 32.3 Å². The molecule has 1 N–H and O–H groups in total. The molecule has 15 heavy (non-hydrogen) atoms. The Labute approximate surface area is 95.3 Å². The zero-order valence-electron chi connectivity index (χ0n) is 10.7. The fraction of sp³-hybridized carbons (Fsp3) is 0.857. The Balaban J connectivity index is 2.58. The Bertz CT molecular complexity index is 196. The predicted octanol–water partition coefficient (Wildman–Crippen LogP) is 3.76. The lowest BCUT2D eigenvalue weighted by Gasteiger charge is -2.28. The van der Waals surface area contributed by atoms with E-state index in [1.54, 1.807) is 5.57 Å². The van der Waals surface area contributed by atoms with Crippen LogP contribution >= 0.6 is 0 Å². The second kappa shape index (κ2) is 7.05. The molecular formula is C14H27N. The molecule has 2 unspecified atom stereocenters. The van der Waals surface area contributed by atoms with E-state index in [-0.39, 0.29) is 0 Å². The first kappa shape index (κ1) is 12.8. The Morgan fingerprint density at radius 2 is 2.20 bits per heavy atom. The zero-order chi connectivity index (χ0) is 11.1. The van der Waals surface area contributed by atoms with Crippen molar-refractivity contribution in [2.75, 3.05) is 13.6 Å². The van der Waals surface area contributed by atoms with Crippen molar-refractivity contribution in [2.24, 2.45) is 11.8 Å². The summed E-state index contributed by atoms with van der Waals surface area (Å²) in [6, 6.07) is 0. The van der Waals surface area contributed by atoms with E-state index in [0.29, 0.717) is 0 Å². The van der Waals surface area contributed by atoms with Gasteiger partial charge < -0.3 is 5.32 Å². The Morgan fingerprint density at radius 3 is 2.73 bits per heavy atom. The highest BCUT2D eigenvalue weighted by Gasteiger charge is 2.20. The van der Waals surface area contributed by atoms with Crippen LogP contribution in [0, 0.1) is 11.8 Å². The second-order valence-electron chi connectivity index (χ2n) is 4.95. The van der Waals surface area contributed by atoms with Crippen LogP contribution in [0.25, 0.3) is 0 Å². The smallest absolute Gasteiger partial charge is 0.00164 e. The van der Waals surface area contributed by atoms with Crippen molar-refractivity contribution in [1.29, 1.82) is 0 Å². The molecule has 1 aliphatic rings. The number of nitrogens with one attached hydrogen (secondary N) is 1. The molecule has 2 atom stereocenters. The summed E-state index contributed by atoms with van der Waals surface area (Å²) in [6.45, 7) is 5.87. The molecule has 0 heterocycles. The highest BCUT2D eigenvalue weighted by molar-refractivity contribution is 5.11. The van der Waals surface area contributed by atoms with Gasteiger partial charge in [0.25, 0.3) is 0 Å². The predicted molar refractivity (Wildman–Crippen MR) is 68.0 cm³/mol. The Morgan fingerprint density at radius 1 is 1.40 bits per heavy atom. The van der Waals surface area contributed by atoms with Gasteiger partial charge in [-0.3, -0.25) is 0 Å². The standard InChI is InChI=1S/C14H27N/c1-4-8-12(2)14(11-15-3)13-9-6-5-7-10-13/h9,12,14-15H,4-8,10-11H2,1-3H3. The van der Waals surface area contributed by atoms with Crippen LogP contribution < -0.4 is 5.32 Å². The van der Waals surface area contributed by atoms with Gasteiger partial charge in [0.15, 0.2) is 0 Å². The van der Waals surface area contributed by atoms with Gasteiger partial charge >= 0.3 is 0 Å². The monoisotopic (exact) mass is 209 g/mol. The van der Waals surface area contributed by atoms with Crippen molar-refractivity contribution in [1.82, 2.24) is 5.32 Å². The van der Waals surface area contributed by atoms with Crippen LogP contribution in [0.5, 0.6) is 0 Å². The maximum atomic E-state index is 3.36. The molecule has 0 aromatic heterocycles. The van der Waals surface area contributed by atoms with Crippen molar-refractivity contribution in [3.05, 3.63) is 11.6 Å². The third-order valence-electron chi connectivity index (χ3n) is 3.66. The number of hydrogen-bond donors (Lipinski definition) is 1. The Hall–Kier alpha value is -0.300. The molecular weight excluding hydrogens is 182 g/mol. The van der Waals surface area contributed by atoms with E-state index in [4.69, 9.17) is 0 Å². The van der Waals surface area contributed by atoms with Crippen molar-refractivity contribution in [3.8, 4) is 0 Å². The highest BCUT2D eigenvalue weighted by Crippen LogP contribution is 2.30. The van der Waals surface area contributed by atoms with E-state index in [0.717, 1.165) is 18.4 Å². The first-order valence-electron chi connectivity index (χ1n) is 6.63.